The maximum Gasteiger partial charge on any atom is 1.00 e. The Morgan fingerprint density at radius 2 is 1.59 bits per heavy atom. The van der Waals surface area contributed by atoms with Gasteiger partial charge < -0.3 is 4.55 Å². The Bertz CT molecular complexity index is 479. The Balaban J connectivity index is 0.00000256. The van der Waals surface area contributed by atoms with Gasteiger partial charge in [-0.05, 0) is 29.0 Å². The summed E-state index contributed by atoms with van der Waals surface area (Å²) in [5.41, 5.74) is 1.60. The summed E-state index contributed by atoms with van der Waals surface area (Å²) in [5.74, 6) is 0.233. The molecule has 0 spiro atoms. The molecular weight excluding hydrogens is 247 g/mol. The quantitative estimate of drug-likeness (QED) is 0.563. The van der Waals surface area contributed by atoms with E-state index in [1.54, 1.807) is 6.07 Å². The molecule has 0 amide bonds. The van der Waals surface area contributed by atoms with Crippen molar-refractivity contribution in [2.75, 3.05) is 0 Å². The molecule has 0 fully saturated rings. The van der Waals surface area contributed by atoms with E-state index < -0.39 is 10.1 Å². The monoisotopic (exact) mass is 264 g/mol. The van der Waals surface area contributed by atoms with E-state index in [-0.39, 0.29) is 46.3 Å². The summed E-state index contributed by atoms with van der Waals surface area (Å²) >= 11 is 0. The van der Waals surface area contributed by atoms with Crippen molar-refractivity contribution in [2.24, 2.45) is 0 Å². The second-order valence-corrected chi connectivity index (χ2v) is 5.87. The first-order valence-electron chi connectivity index (χ1n) is 5.33. The molecule has 1 rings (SSSR count). The molecule has 0 saturated carbocycles. The summed E-state index contributed by atoms with van der Waals surface area (Å²) in [6.45, 7) is 7.77. The Kier molecular flexibility index (Phi) is 6.39. The third-order valence-electron chi connectivity index (χ3n) is 2.57. The second kappa shape index (κ2) is 6.34. The molecule has 0 atom stereocenters. The van der Waals surface area contributed by atoms with E-state index in [1.165, 1.54) is 6.07 Å². The SMILES string of the molecule is CC(C)c1cccc(S(=O)(=O)[O-])c1C(C)C.[Na+]. The zero-order valence-corrected chi connectivity index (χ0v) is 13.8. The first kappa shape index (κ1) is 17.1. The average Bonchev–Trinajstić information content (AvgIpc) is 2.14. The molecule has 0 aliphatic carbocycles. The van der Waals surface area contributed by atoms with Crippen LogP contribution in [-0.4, -0.2) is 13.0 Å². The van der Waals surface area contributed by atoms with Gasteiger partial charge in [-0.2, -0.15) is 0 Å². The summed E-state index contributed by atoms with van der Waals surface area (Å²) in [6.07, 6.45) is 0. The number of hydrogen-bond acceptors (Lipinski definition) is 3. The normalized spacial score (nSPS) is 11.7. The van der Waals surface area contributed by atoms with Crippen molar-refractivity contribution in [3.8, 4) is 0 Å². The fourth-order valence-electron chi connectivity index (χ4n) is 1.90. The molecule has 0 saturated heterocycles. The summed E-state index contributed by atoms with van der Waals surface area (Å²) in [6, 6.07) is 4.91. The molecule has 1 aromatic rings. The maximum absolute atomic E-state index is 11.2. The standard InChI is InChI=1S/C12H18O3S.Na/c1-8(2)10-6-5-7-11(16(13,14)15)12(10)9(3)4;/h5-9H,1-4H3,(H,13,14,15);/q;+1/p-1. The fourth-order valence-corrected chi connectivity index (χ4v) is 2.77. The van der Waals surface area contributed by atoms with Gasteiger partial charge in [-0.1, -0.05) is 39.8 Å². The van der Waals surface area contributed by atoms with E-state index in [2.05, 4.69) is 0 Å². The van der Waals surface area contributed by atoms with Gasteiger partial charge in [-0.25, -0.2) is 8.42 Å². The van der Waals surface area contributed by atoms with Gasteiger partial charge >= 0.3 is 29.6 Å². The van der Waals surface area contributed by atoms with E-state index in [9.17, 15) is 13.0 Å². The van der Waals surface area contributed by atoms with Crippen molar-refractivity contribution in [3.63, 3.8) is 0 Å². The van der Waals surface area contributed by atoms with Crippen LogP contribution in [0.25, 0.3) is 0 Å². The maximum atomic E-state index is 11.2. The van der Waals surface area contributed by atoms with Crippen LogP contribution < -0.4 is 29.6 Å². The number of rotatable bonds is 3. The Labute approximate surface area is 126 Å². The fraction of sp³-hybridized carbons (Fsp3) is 0.500. The topological polar surface area (TPSA) is 57.2 Å². The summed E-state index contributed by atoms with van der Waals surface area (Å²) < 4.78 is 33.5. The minimum atomic E-state index is -4.38. The average molecular weight is 264 g/mol. The van der Waals surface area contributed by atoms with Crippen LogP contribution in [0.2, 0.25) is 0 Å². The zero-order valence-electron chi connectivity index (χ0n) is 11.0. The van der Waals surface area contributed by atoms with Crippen LogP contribution >= 0.6 is 0 Å². The molecule has 0 aromatic heterocycles. The molecule has 0 aliphatic rings. The van der Waals surface area contributed by atoms with Crippen molar-refractivity contribution < 1.29 is 42.5 Å². The van der Waals surface area contributed by atoms with Crippen molar-refractivity contribution in [1.82, 2.24) is 0 Å². The molecule has 0 bridgehead atoms. The first-order chi connectivity index (χ1) is 7.25. The second-order valence-electron chi connectivity index (χ2n) is 4.52. The van der Waals surface area contributed by atoms with Gasteiger partial charge in [0.2, 0.25) is 0 Å². The van der Waals surface area contributed by atoms with Crippen molar-refractivity contribution in [2.45, 2.75) is 44.4 Å². The Morgan fingerprint density at radius 1 is 1.06 bits per heavy atom. The Hall–Kier alpha value is 0.130. The molecular formula is C12H17NaO3S. The first-order valence-corrected chi connectivity index (χ1v) is 6.74. The third-order valence-corrected chi connectivity index (χ3v) is 3.46. The molecule has 5 heteroatoms. The molecule has 0 radical (unpaired) electrons. The molecule has 0 aliphatic heterocycles. The van der Waals surface area contributed by atoms with Crippen LogP contribution in [-0.2, 0) is 10.1 Å². The van der Waals surface area contributed by atoms with Crippen molar-refractivity contribution >= 4 is 10.1 Å². The van der Waals surface area contributed by atoms with Crippen molar-refractivity contribution in [3.05, 3.63) is 29.3 Å². The van der Waals surface area contributed by atoms with Gasteiger partial charge in [0, 0.05) is 0 Å². The minimum Gasteiger partial charge on any atom is -0.744 e. The van der Waals surface area contributed by atoms with E-state index in [1.807, 2.05) is 33.8 Å². The zero-order chi connectivity index (χ0) is 12.5. The van der Waals surface area contributed by atoms with E-state index in [0.717, 1.165) is 5.56 Å². The van der Waals surface area contributed by atoms with Gasteiger partial charge in [-0.3, -0.25) is 0 Å². The van der Waals surface area contributed by atoms with Crippen molar-refractivity contribution in [1.29, 1.82) is 0 Å². The number of hydrogen-bond donors (Lipinski definition) is 0. The molecule has 0 heterocycles. The van der Waals surface area contributed by atoms with Gasteiger partial charge in [0.1, 0.15) is 10.1 Å². The van der Waals surface area contributed by atoms with E-state index >= 15 is 0 Å². The number of benzene rings is 1. The minimum absolute atomic E-state index is 0. The van der Waals surface area contributed by atoms with Crippen LogP contribution in [0.15, 0.2) is 23.1 Å². The van der Waals surface area contributed by atoms with Crippen LogP contribution in [0.4, 0.5) is 0 Å². The van der Waals surface area contributed by atoms with Gasteiger partial charge in [0.25, 0.3) is 0 Å². The summed E-state index contributed by atoms with van der Waals surface area (Å²) in [5, 5.41) is 0. The van der Waals surface area contributed by atoms with Crippen LogP contribution in [0.1, 0.15) is 50.7 Å². The predicted molar refractivity (Wildman–Crippen MR) is 62.6 cm³/mol. The van der Waals surface area contributed by atoms with E-state index in [4.69, 9.17) is 0 Å². The Morgan fingerprint density at radius 3 is 1.94 bits per heavy atom. The van der Waals surface area contributed by atoms with Gasteiger partial charge in [-0.15, -0.1) is 0 Å². The van der Waals surface area contributed by atoms with Crippen LogP contribution in [0, 0.1) is 0 Å². The molecule has 17 heavy (non-hydrogen) atoms. The van der Waals surface area contributed by atoms with Gasteiger partial charge in [0.15, 0.2) is 0 Å². The molecule has 0 N–H and O–H groups in total. The summed E-state index contributed by atoms with van der Waals surface area (Å²) in [4.78, 5) is -0.0753. The van der Waals surface area contributed by atoms with Gasteiger partial charge in [0.05, 0.1) is 4.90 Å². The largest absolute Gasteiger partial charge is 1.00 e. The van der Waals surface area contributed by atoms with Crippen LogP contribution in [0.3, 0.4) is 0 Å². The van der Waals surface area contributed by atoms with E-state index in [0.29, 0.717) is 5.56 Å². The van der Waals surface area contributed by atoms with Crippen LogP contribution in [0.5, 0.6) is 0 Å². The smallest absolute Gasteiger partial charge is 0.744 e. The summed E-state index contributed by atoms with van der Waals surface area (Å²) in [7, 11) is -4.38. The molecule has 1 aromatic carbocycles. The third kappa shape index (κ3) is 4.07. The predicted octanol–water partition coefficient (Wildman–Crippen LogP) is -0.158. The molecule has 3 nitrogen and oxygen atoms in total. The molecule has 0 unspecified atom stereocenters. The molecule has 90 valence electrons.